The summed E-state index contributed by atoms with van der Waals surface area (Å²) in [5.74, 6) is 0.601. The van der Waals surface area contributed by atoms with Gasteiger partial charge in [-0.3, -0.25) is 0 Å². The number of aryl methyl sites for hydroxylation is 1. The minimum Gasteiger partial charge on any atom is -0.493 e. The van der Waals surface area contributed by atoms with Crippen LogP contribution in [0.25, 0.3) is 0 Å². The van der Waals surface area contributed by atoms with E-state index in [0.717, 1.165) is 49.4 Å². The summed E-state index contributed by atoms with van der Waals surface area (Å²) in [6.07, 6.45) is 2.83. The molecule has 2 N–H and O–H groups in total. The molecule has 0 unspecified atom stereocenters. The zero-order valence-corrected chi connectivity index (χ0v) is 17.5. The number of carbonyl (C=O) groups excluding carboxylic acids is 1. The lowest BCUT2D eigenvalue weighted by atomic mass is 10.1. The number of anilines is 1. The summed E-state index contributed by atoms with van der Waals surface area (Å²) in [4.78, 5) is 11.8. The van der Waals surface area contributed by atoms with Gasteiger partial charge in [-0.1, -0.05) is 31.2 Å². The van der Waals surface area contributed by atoms with Gasteiger partial charge in [-0.2, -0.15) is 0 Å². The highest BCUT2D eigenvalue weighted by Crippen LogP contribution is 2.20. The number of benzene rings is 2. The Morgan fingerprint density at radius 1 is 1.14 bits per heavy atom. The van der Waals surface area contributed by atoms with E-state index in [4.69, 9.17) is 21.7 Å². The minimum absolute atomic E-state index is 0.357. The van der Waals surface area contributed by atoms with E-state index in [1.807, 2.05) is 31.2 Å². The molecule has 2 aromatic carbocycles. The van der Waals surface area contributed by atoms with Crippen LogP contribution in [0.15, 0.2) is 42.5 Å². The number of methoxy groups -OCH3 is 1. The van der Waals surface area contributed by atoms with Crippen molar-refractivity contribution < 1.29 is 14.3 Å². The summed E-state index contributed by atoms with van der Waals surface area (Å²) in [6, 6.07) is 13.6. The predicted octanol–water partition coefficient (Wildman–Crippen LogP) is 4.49. The van der Waals surface area contributed by atoms with Gasteiger partial charge < -0.3 is 20.1 Å². The summed E-state index contributed by atoms with van der Waals surface area (Å²) in [5, 5.41) is 6.90. The smallest absolute Gasteiger partial charge is 0.338 e. The lowest BCUT2D eigenvalue weighted by Crippen LogP contribution is -2.30. The lowest BCUT2D eigenvalue weighted by molar-refractivity contribution is 0.0600. The van der Waals surface area contributed by atoms with E-state index in [-0.39, 0.29) is 5.97 Å². The summed E-state index contributed by atoms with van der Waals surface area (Å²) in [6.45, 7) is 5.43. The summed E-state index contributed by atoms with van der Waals surface area (Å²) >= 11 is 5.38. The highest BCUT2D eigenvalue weighted by molar-refractivity contribution is 7.80. The molecule has 2 rings (SSSR count). The molecule has 0 aromatic heterocycles. The molecule has 0 amide bonds. The largest absolute Gasteiger partial charge is 0.493 e. The van der Waals surface area contributed by atoms with Gasteiger partial charge in [0, 0.05) is 12.2 Å². The van der Waals surface area contributed by atoms with Crippen molar-refractivity contribution in [2.24, 2.45) is 0 Å². The molecule has 0 spiro atoms. The third-order valence-corrected chi connectivity index (χ3v) is 4.58. The van der Waals surface area contributed by atoms with Gasteiger partial charge in [0.2, 0.25) is 0 Å². The SMILES string of the molecule is CCCOc1ccccc1CCCNC(=S)Nc1cccc(C(=O)OC)c1C. The summed E-state index contributed by atoms with van der Waals surface area (Å²) in [5.41, 5.74) is 3.33. The molecule has 0 bridgehead atoms. The number of nitrogens with one attached hydrogen (secondary N) is 2. The predicted molar refractivity (Wildman–Crippen MR) is 117 cm³/mol. The molecule has 0 radical (unpaired) electrons. The van der Waals surface area contributed by atoms with Crippen molar-refractivity contribution in [1.29, 1.82) is 0 Å². The molecule has 0 aliphatic carbocycles. The maximum Gasteiger partial charge on any atom is 0.338 e. The quantitative estimate of drug-likeness (QED) is 0.367. The van der Waals surface area contributed by atoms with E-state index >= 15 is 0 Å². The zero-order valence-electron chi connectivity index (χ0n) is 16.7. The second kappa shape index (κ2) is 11.3. The Morgan fingerprint density at radius 2 is 1.93 bits per heavy atom. The van der Waals surface area contributed by atoms with Gasteiger partial charge in [-0.15, -0.1) is 0 Å². The van der Waals surface area contributed by atoms with Gasteiger partial charge in [0.1, 0.15) is 5.75 Å². The van der Waals surface area contributed by atoms with Crippen molar-refractivity contribution in [2.75, 3.05) is 25.6 Å². The molecule has 150 valence electrons. The Labute approximate surface area is 172 Å². The number of esters is 1. The first-order valence-corrected chi connectivity index (χ1v) is 9.91. The fourth-order valence-corrected chi connectivity index (χ4v) is 3.02. The third-order valence-electron chi connectivity index (χ3n) is 4.33. The van der Waals surface area contributed by atoms with Crippen LogP contribution in [-0.2, 0) is 11.2 Å². The molecule has 0 saturated heterocycles. The average Bonchev–Trinajstić information content (AvgIpc) is 2.71. The van der Waals surface area contributed by atoms with E-state index in [0.29, 0.717) is 10.7 Å². The highest BCUT2D eigenvalue weighted by atomic mass is 32.1. The molecule has 6 heteroatoms. The molecular weight excluding hydrogens is 372 g/mol. The van der Waals surface area contributed by atoms with Crippen molar-refractivity contribution in [1.82, 2.24) is 5.32 Å². The fraction of sp³-hybridized carbons (Fsp3) is 0.364. The van der Waals surface area contributed by atoms with Crippen molar-refractivity contribution in [3.8, 4) is 5.75 Å². The van der Waals surface area contributed by atoms with E-state index in [1.54, 1.807) is 12.1 Å². The van der Waals surface area contributed by atoms with E-state index in [2.05, 4.69) is 23.6 Å². The van der Waals surface area contributed by atoms with E-state index < -0.39 is 0 Å². The van der Waals surface area contributed by atoms with Gasteiger partial charge in [0.25, 0.3) is 0 Å². The second-order valence-corrected chi connectivity index (χ2v) is 6.82. The lowest BCUT2D eigenvalue weighted by Gasteiger charge is -2.15. The normalized spacial score (nSPS) is 10.2. The third kappa shape index (κ3) is 6.23. The van der Waals surface area contributed by atoms with Crippen LogP contribution in [0.1, 0.15) is 41.3 Å². The van der Waals surface area contributed by atoms with E-state index in [9.17, 15) is 4.79 Å². The first-order valence-electron chi connectivity index (χ1n) is 9.50. The van der Waals surface area contributed by atoms with Crippen LogP contribution in [0.4, 0.5) is 5.69 Å². The molecule has 0 heterocycles. The Balaban J connectivity index is 1.84. The van der Waals surface area contributed by atoms with Gasteiger partial charge in [0.15, 0.2) is 5.11 Å². The number of thiocarbonyl (C=S) groups is 1. The number of hydrogen-bond acceptors (Lipinski definition) is 4. The number of rotatable bonds is 9. The van der Waals surface area contributed by atoms with Gasteiger partial charge in [0.05, 0.1) is 19.3 Å². The molecule has 0 aliphatic heterocycles. The van der Waals surface area contributed by atoms with Gasteiger partial charge in [-0.05, 0) is 67.7 Å². The van der Waals surface area contributed by atoms with Crippen molar-refractivity contribution in [2.45, 2.75) is 33.1 Å². The minimum atomic E-state index is -0.357. The number of hydrogen-bond donors (Lipinski definition) is 2. The zero-order chi connectivity index (χ0) is 20.4. The molecule has 0 atom stereocenters. The molecule has 2 aromatic rings. The topological polar surface area (TPSA) is 59.6 Å². The van der Waals surface area contributed by atoms with Crippen LogP contribution in [-0.4, -0.2) is 31.3 Å². The standard InChI is InChI=1S/C22H28N2O3S/c1-4-15-27-20-13-6-5-9-17(20)10-8-14-23-22(28)24-19-12-7-11-18(16(19)2)21(25)26-3/h5-7,9,11-13H,4,8,10,14-15H2,1-3H3,(H2,23,24,28). The van der Waals surface area contributed by atoms with Crippen LogP contribution < -0.4 is 15.4 Å². The maximum atomic E-state index is 11.8. The highest BCUT2D eigenvalue weighted by Gasteiger charge is 2.12. The molecule has 0 saturated carbocycles. The maximum absolute atomic E-state index is 11.8. The van der Waals surface area contributed by atoms with Crippen molar-refractivity contribution >= 4 is 29.0 Å². The monoisotopic (exact) mass is 400 g/mol. The van der Waals surface area contributed by atoms with Crippen LogP contribution in [0.2, 0.25) is 0 Å². The Morgan fingerprint density at radius 3 is 2.68 bits per heavy atom. The number of ether oxygens (including phenoxy) is 2. The first kappa shape index (κ1) is 21.7. The average molecular weight is 401 g/mol. The number of carbonyl (C=O) groups is 1. The van der Waals surface area contributed by atoms with Crippen LogP contribution in [0, 0.1) is 6.92 Å². The van der Waals surface area contributed by atoms with Crippen molar-refractivity contribution in [3.05, 3.63) is 59.2 Å². The van der Waals surface area contributed by atoms with Crippen LogP contribution >= 0.6 is 12.2 Å². The Bertz CT molecular complexity index is 808. The molecule has 28 heavy (non-hydrogen) atoms. The Hall–Kier alpha value is -2.60. The molecule has 0 aliphatic rings. The Kier molecular flexibility index (Phi) is 8.75. The van der Waals surface area contributed by atoms with E-state index in [1.165, 1.54) is 12.7 Å². The van der Waals surface area contributed by atoms with Gasteiger partial charge >= 0.3 is 5.97 Å². The van der Waals surface area contributed by atoms with Crippen molar-refractivity contribution in [3.63, 3.8) is 0 Å². The summed E-state index contributed by atoms with van der Waals surface area (Å²) < 4.78 is 10.6. The number of para-hydroxylation sites is 1. The second-order valence-electron chi connectivity index (χ2n) is 6.41. The molecule has 5 nitrogen and oxygen atoms in total. The first-order chi connectivity index (χ1) is 13.6. The molecule has 0 fully saturated rings. The summed E-state index contributed by atoms with van der Waals surface area (Å²) in [7, 11) is 1.37. The fourth-order valence-electron chi connectivity index (χ4n) is 2.81. The molecular formula is C22H28N2O3S. The van der Waals surface area contributed by atoms with Crippen LogP contribution in [0.5, 0.6) is 5.75 Å². The van der Waals surface area contributed by atoms with Crippen LogP contribution in [0.3, 0.4) is 0 Å². The van der Waals surface area contributed by atoms with Gasteiger partial charge in [-0.25, -0.2) is 4.79 Å².